The van der Waals surface area contributed by atoms with Crippen LogP contribution in [0, 0.1) is 11.3 Å². The number of fused-ring (bicyclic) bond motifs is 1. The van der Waals surface area contributed by atoms with Crippen molar-refractivity contribution in [2.24, 2.45) is 5.16 Å². The van der Waals surface area contributed by atoms with Crippen LogP contribution in [0.15, 0.2) is 41.6 Å². The fourth-order valence-corrected chi connectivity index (χ4v) is 3.70. The highest BCUT2D eigenvalue weighted by Gasteiger charge is 2.18. The number of carbonyl (C=O) groups excluding carboxylic acids is 1. The summed E-state index contributed by atoms with van der Waals surface area (Å²) in [6, 6.07) is 13.5. The molecule has 31 heavy (non-hydrogen) atoms. The Labute approximate surface area is 182 Å². The van der Waals surface area contributed by atoms with E-state index >= 15 is 0 Å². The molecule has 1 N–H and O–H groups in total. The van der Waals surface area contributed by atoms with Gasteiger partial charge < -0.3 is 19.6 Å². The number of nitriles is 1. The quantitative estimate of drug-likeness (QED) is 0.496. The van der Waals surface area contributed by atoms with Crippen molar-refractivity contribution in [3.63, 3.8) is 0 Å². The molecular weight excluding hydrogens is 394 g/mol. The van der Waals surface area contributed by atoms with Crippen molar-refractivity contribution in [1.82, 2.24) is 5.32 Å². The van der Waals surface area contributed by atoms with Crippen molar-refractivity contribution in [2.45, 2.75) is 32.1 Å². The molecular formula is C24H27N3O4. The minimum Gasteiger partial charge on any atom is -0.493 e. The maximum Gasteiger partial charge on any atom is 0.273 e. The first-order valence-corrected chi connectivity index (χ1v) is 10.3. The highest BCUT2D eigenvalue weighted by atomic mass is 16.6. The number of hydrogen-bond donors (Lipinski definition) is 1. The van der Waals surface area contributed by atoms with Crippen LogP contribution in [-0.2, 0) is 28.9 Å². The number of benzene rings is 2. The number of aryl methyl sites for hydroxylation is 2. The minimum absolute atomic E-state index is 0.0456. The van der Waals surface area contributed by atoms with Gasteiger partial charge in [-0.05, 0) is 67.0 Å². The predicted octanol–water partition coefficient (Wildman–Crippen LogP) is 3.19. The second-order valence-electron chi connectivity index (χ2n) is 7.25. The number of methoxy groups -OCH3 is 1. The van der Waals surface area contributed by atoms with Gasteiger partial charge in [0.25, 0.3) is 5.91 Å². The van der Waals surface area contributed by atoms with Gasteiger partial charge >= 0.3 is 0 Å². The van der Waals surface area contributed by atoms with Crippen LogP contribution >= 0.6 is 0 Å². The summed E-state index contributed by atoms with van der Waals surface area (Å²) < 4.78 is 10.7. The van der Waals surface area contributed by atoms with E-state index in [1.54, 1.807) is 13.2 Å². The highest BCUT2D eigenvalue weighted by Crippen LogP contribution is 2.28. The second-order valence-corrected chi connectivity index (χ2v) is 7.25. The van der Waals surface area contributed by atoms with Crippen molar-refractivity contribution in [3.8, 4) is 17.6 Å². The molecule has 0 aliphatic heterocycles. The van der Waals surface area contributed by atoms with Crippen molar-refractivity contribution >= 4 is 11.6 Å². The van der Waals surface area contributed by atoms with E-state index in [0.717, 1.165) is 24.0 Å². The van der Waals surface area contributed by atoms with E-state index in [9.17, 15) is 4.79 Å². The Bertz CT molecular complexity index is 995. The third-order valence-corrected chi connectivity index (χ3v) is 5.24. The summed E-state index contributed by atoms with van der Waals surface area (Å²) in [7, 11) is 2.99. The van der Waals surface area contributed by atoms with Crippen LogP contribution < -0.4 is 14.8 Å². The normalized spacial score (nSPS) is 13.0. The topological polar surface area (TPSA) is 92.9 Å². The van der Waals surface area contributed by atoms with Gasteiger partial charge in [0.1, 0.15) is 13.2 Å². The molecule has 2 aromatic carbocycles. The molecule has 162 valence electrons. The maximum absolute atomic E-state index is 12.8. The van der Waals surface area contributed by atoms with E-state index in [0.29, 0.717) is 24.5 Å². The summed E-state index contributed by atoms with van der Waals surface area (Å²) in [6.07, 6.45) is 5.10. The number of rotatable bonds is 9. The Kier molecular flexibility index (Phi) is 7.88. The molecule has 2 aromatic rings. The lowest BCUT2D eigenvalue weighted by atomic mass is 9.89. The Morgan fingerprint density at radius 2 is 1.90 bits per heavy atom. The molecule has 1 amide bonds. The van der Waals surface area contributed by atoms with Crippen molar-refractivity contribution in [3.05, 3.63) is 58.7 Å². The monoisotopic (exact) mass is 421 g/mol. The zero-order valence-electron chi connectivity index (χ0n) is 17.9. The van der Waals surface area contributed by atoms with E-state index in [-0.39, 0.29) is 18.2 Å². The SMILES string of the molecule is CO/N=C(\C(=O)NCCc1ccc(OCC#N)c(OC)c1)c1ccc2c(c1)CCCC2. The summed E-state index contributed by atoms with van der Waals surface area (Å²) in [5, 5.41) is 15.6. The average molecular weight is 421 g/mol. The molecule has 0 saturated heterocycles. The Morgan fingerprint density at radius 3 is 2.65 bits per heavy atom. The molecule has 0 aromatic heterocycles. The van der Waals surface area contributed by atoms with Gasteiger partial charge in [-0.25, -0.2) is 0 Å². The Morgan fingerprint density at radius 1 is 1.10 bits per heavy atom. The number of ether oxygens (including phenoxy) is 2. The first-order chi connectivity index (χ1) is 15.2. The molecule has 0 heterocycles. The highest BCUT2D eigenvalue weighted by molar-refractivity contribution is 6.45. The summed E-state index contributed by atoms with van der Waals surface area (Å²) in [4.78, 5) is 17.7. The molecule has 0 fully saturated rings. The second kappa shape index (κ2) is 11.0. The van der Waals surface area contributed by atoms with Crippen molar-refractivity contribution in [2.75, 3.05) is 27.4 Å². The van der Waals surface area contributed by atoms with E-state index < -0.39 is 0 Å². The Hall–Kier alpha value is -3.53. The fraction of sp³-hybridized carbons (Fsp3) is 0.375. The third-order valence-electron chi connectivity index (χ3n) is 5.24. The van der Waals surface area contributed by atoms with E-state index in [1.165, 1.54) is 31.1 Å². The van der Waals surface area contributed by atoms with Gasteiger partial charge in [-0.1, -0.05) is 23.4 Å². The number of nitrogens with zero attached hydrogens (tertiary/aromatic N) is 2. The third kappa shape index (κ3) is 5.76. The number of oxime groups is 1. The number of nitrogens with one attached hydrogen (secondary N) is 1. The molecule has 0 radical (unpaired) electrons. The zero-order chi connectivity index (χ0) is 22.1. The van der Waals surface area contributed by atoms with Gasteiger partial charge in [0.05, 0.1) is 7.11 Å². The number of amides is 1. The van der Waals surface area contributed by atoms with Crippen molar-refractivity contribution < 1.29 is 19.1 Å². The molecule has 1 aliphatic carbocycles. The molecule has 7 heteroatoms. The molecule has 0 spiro atoms. The predicted molar refractivity (Wildman–Crippen MR) is 117 cm³/mol. The zero-order valence-corrected chi connectivity index (χ0v) is 17.9. The maximum atomic E-state index is 12.8. The minimum atomic E-state index is -0.279. The largest absolute Gasteiger partial charge is 0.493 e. The van der Waals surface area contributed by atoms with Crippen LogP contribution in [0.25, 0.3) is 0 Å². The van der Waals surface area contributed by atoms with E-state index in [4.69, 9.17) is 19.6 Å². The van der Waals surface area contributed by atoms with E-state index in [1.807, 2.05) is 24.3 Å². The van der Waals surface area contributed by atoms with Crippen LogP contribution in [0.4, 0.5) is 0 Å². The van der Waals surface area contributed by atoms with Gasteiger partial charge in [-0.3, -0.25) is 4.79 Å². The molecule has 3 rings (SSSR count). The fourth-order valence-electron chi connectivity index (χ4n) is 3.70. The van der Waals surface area contributed by atoms with Gasteiger partial charge in [0.2, 0.25) is 0 Å². The van der Waals surface area contributed by atoms with Gasteiger partial charge in [0.15, 0.2) is 23.8 Å². The molecule has 0 unspecified atom stereocenters. The molecule has 0 atom stereocenters. The average Bonchev–Trinajstić information content (AvgIpc) is 2.81. The van der Waals surface area contributed by atoms with Gasteiger partial charge in [0, 0.05) is 12.1 Å². The van der Waals surface area contributed by atoms with Crippen LogP contribution in [0.5, 0.6) is 11.5 Å². The Balaban J connectivity index is 1.63. The van der Waals surface area contributed by atoms with Gasteiger partial charge in [-0.15, -0.1) is 0 Å². The number of carbonyl (C=O) groups is 1. The summed E-state index contributed by atoms with van der Waals surface area (Å²) in [6.45, 7) is 0.379. The van der Waals surface area contributed by atoms with Crippen LogP contribution in [-0.4, -0.2) is 39.0 Å². The molecule has 7 nitrogen and oxygen atoms in total. The smallest absolute Gasteiger partial charge is 0.273 e. The van der Waals surface area contributed by atoms with Crippen LogP contribution in [0.2, 0.25) is 0 Å². The summed E-state index contributed by atoms with van der Waals surface area (Å²) in [5.41, 5.74) is 4.64. The first-order valence-electron chi connectivity index (χ1n) is 10.3. The lowest BCUT2D eigenvalue weighted by molar-refractivity contribution is -0.114. The van der Waals surface area contributed by atoms with Crippen LogP contribution in [0.1, 0.15) is 35.1 Å². The molecule has 0 saturated carbocycles. The summed E-state index contributed by atoms with van der Waals surface area (Å²) in [5.74, 6) is 0.784. The number of hydrogen-bond acceptors (Lipinski definition) is 6. The van der Waals surface area contributed by atoms with Gasteiger partial charge in [-0.2, -0.15) is 5.26 Å². The van der Waals surface area contributed by atoms with E-state index in [2.05, 4.69) is 22.6 Å². The lowest BCUT2D eigenvalue weighted by Crippen LogP contribution is -2.33. The standard InChI is InChI=1S/C24H27N3O4/c1-29-22-15-17(7-10-21(22)31-14-12-25)11-13-26-24(28)23(27-30-2)20-9-8-18-5-3-4-6-19(18)16-20/h7-10,15-16H,3-6,11,13-14H2,1-2H3,(H,26,28)/b27-23-. The van der Waals surface area contributed by atoms with Crippen LogP contribution in [0.3, 0.4) is 0 Å². The van der Waals surface area contributed by atoms with Crippen molar-refractivity contribution in [1.29, 1.82) is 5.26 Å². The lowest BCUT2D eigenvalue weighted by Gasteiger charge is -2.17. The first kappa shape index (κ1) is 22.2. The molecule has 1 aliphatic rings. The summed E-state index contributed by atoms with van der Waals surface area (Å²) >= 11 is 0. The molecule has 0 bridgehead atoms.